The predicted octanol–water partition coefficient (Wildman–Crippen LogP) is 3.53. The van der Waals surface area contributed by atoms with Crippen molar-refractivity contribution in [2.45, 2.75) is 19.8 Å². The molecule has 6 heteroatoms. The first kappa shape index (κ1) is 16.5. The smallest absolute Gasteiger partial charge is 0.336 e. The van der Waals surface area contributed by atoms with E-state index >= 15 is 0 Å². The number of nitrogens with zero attached hydrogens (tertiary/aromatic N) is 1. The molecule has 1 aliphatic rings. The number of hydrogen-bond donors (Lipinski definition) is 2. The van der Waals surface area contributed by atoms with Gasteiger partial charge in [-0.1, -0.05) is 23.7 Å². The monoisotopic (exact) mass is 334 g/mol. The fourth-order valence-electron chi connectivity index (χ4n) is 2.40. The molecule has 22 heavy (non-hydrogen) atoms. The minimum atomic E-state index is -0.518. The van der Waals surface area contributed by atoms with Crippen LogP contribution in [0.15, 0.2) is 46.1 Å². The van der Waals surface area contributed by atoms with Crippen LogP contribution >= 0.6 is 24.2 Å². The Morgan fingerprint density at radius 3 is 2.64 bits per heavy atom. The van der Waals surface area contributed by atoms with Crippen molar-refractivity contribution in [3.63, 3.8) is 0 Å². The summed E-state index contributed by atoms with van der Waals surface area (Å²) in [6.07, 6.45) is 0. The molecule has 1 aromatic carbocycles. The van der Waals surface area contributed by atoms with E-state index in [2.05, 4.69) is 24.0 Å². The summed E-state index contributed by atoms with van der Waals surface area (Å²) < 4.78 is 5.14. The number of esters is 1. The van der Waals surface area contributed by atoms with Crippen LogP contribution in [0, 0.1) is 11.3 Å². The van der Waals surface area contributed by atoms with E-state index in [1.165, 1.54) is 0 Å². The average Bonchev–Trinajstić information content (AvgIpc) is 2.47. The van der Waals surface area contributed by atoms with Crippen molar-refractivity contribution in [2.24, 2.45) is 0 Å². The number of hydrogen-bond acceptors (Lipinski definition) is 5. The summed E-state index contributed by atoms with van der Waals surface area (Å²) >= 11 is 10.2. The highest BCUT2D eigenvalue weighted by atomic mass is 35.5. The van der Waals surface area contributed by atoms with Gasteiger partial charge in [0.15, 0.2) is 0 Å². The summed E-state index contributed by atoms with van der Waals surface area (Å²) in [5.41, 5.74) is 2.21. The van der Waals surface area contributed by atoms with Crippen molar-refractivity contribution in [2.75, 3.05) is 6.61 Å². The normalized spacial score (nSPS) is 17.9. The SMILES string of the molecule is CCOC(=O)C1=C(C)NC(S)=C(C#N)[C@H]1c1ccc(Cl)cc1. The third-order valence-corrected chi connectivity index (χ3v) is 3.97. The van der Waals surface area contributed by atoms with Gasteiger partial charge in [-0.3, -0.25) is 0 Å². The fraction of sp³-hybridized carbons (Fsp3) is 0.250. The van der Waals surface area contributed by atoms with Crippen LogP contribution in [0.4, 0.5) is 0 Å². The lowest BCUT2D eigenvalue weighted by atomic mass is 9.82. The number of dihydropyridines is 1. The Labute approximate surface area is 139 Å². The maximum atomic E-state index is 12.3. The molecule has 0 aliphatic carbocycles. The van der Waals surface area contributed by atoms with Crippen LogP contribution in [-0.2, 0) is 9.53 Å². The van der Waals surface area contributed by atoms with Crippen molar-refractivity contribution < 1.29 is 9.53 Å². The minimum absolute atomic E-state index is 0.266. The van der Waals surface area contributed by atoms with Crippen LogP contribution in [0.25, 0.3) is 0 Å². The van der Waals surface area contributed by atoms with Gasteiger partial charge in [0.2, 0.25) is 0 Å². The molecule has 0 bridgehead atoms. The molecule has 0 spiro atoms. The fourth-order valence-corrected chi connectivity index (χ4v) is 2.87. The summed E-state index contributed by atoms with van der Waals surface area (Å²) in [6, 6.07) is 9.17. The molecule has 1 atom stereocenters. The molecule has 1 aromatic rings. The zero-order valence-corrected chi connectivity index (χ0v) is 13.8. The highest BCUT2D eigenvalue weighted by molar-refractivity contribution is 7.84. The van der Waals surface area contributed by atoms with Gasteiger partial charge in [-0.15, -0.1) is 12.6 Å². The van der Waals surface area contributed by atoms with E-state index < -0.39 is 11.9 Å². The van der Waals surface area contributed by atoms with Crippen LogP contribution in [-0.4, -0.2) is 12.6 Å². The second kappa shape index (κ2) is 6.91. The topological polar surface area (TPSA) is 62.1 Å². The molecule has 0 fully saturated rings. The highest BCUT2D eigenvalue weighted by Crippen LogP contribution is 2.39. The summed E-state index contributed by atoms with van der Waals surface area (Å²) in [5.74, 6) is -0.962. The highest BCUT2D eigenvalue weighted by Gasteiger charge is 2.34. The molecule has 4 nitrogen and oxygen atoms in total. The van der Waals surface area contributed by atoms with Crippen molar-refractivity contribution in [1.82, 2.24) is 5.32 Å². The number of nitriles is 1. The molecule has 1 heterocycles. The minimum Gasteiger partial charge on any atom is -0.463 e. The van der Waals surface area contributed by atoms with Gasteiger partial charge in [-0.05, 0) is 31.5 Å². The van der Waals surface area contributed by atoms with Gasteiger partial charge in [0, 0.05) is 10.7 Å². The number of rotatable bonds is 3. The van der Waals surface area contributed by atoms with E-state index in [1.807, 2.05) is 0 Å². The lowest BCUT2D eigenvalue weighted by Gasteiger charge is -2.27. The lowest BCUT2D eigenvalue weighted by Crippen LogP contribution is -2.28. The van der Waals surface area contributed by atoms with Gasteiger partial charge in [-0.25, -0.2) is 4.79 Å². The third kappa shape index (κ3) is 3.13. The second-order valence-electron chi connectivity index (χ2n) is 4.74. The van der Waals surface area contributed by atoms with E-state index in [9.17, 15) is 10.1 Å². The number of carbonyl (C=O) groups excluding carboxylic acids is 1. The molecular formula is C16H15ClN2O2S. The lowest BCUT2D eigenvalue weighted by molar-refractivity contribution is -0.138. The van der Waals surface area contributed by atoms with Crippen LogP contribution in [0.2, 0.25) is 5.02 Å². The molecule has 0 radical (unpaired) electrons. The number of allylic oxidation sites excluding steroid dienone is 2. The Morgan fingerprint density at radius 1 is 1.45 bits per heavy atom. The molecule has 114 valence electrons. The largest absolute Gasteiger partial charge is 0.463 e. The van der Waals surface area contributed by atoms with Gasteiger partial charge in [0.05, 0.1) is 34.8 Å². The number of ether oxygens (including phenoxy) is 1. The second-order valence-corrected chi connectivity index (χ2v) is 5.63. The summed E-state index contributed by atoms with van der Waals surface area (Å²) in [6.45, 7) is 3.77. The number of thiol groups is 1. The Hall–Kier alpha value is -1.90. The van der Waals surface area contributed by atoms with Gasteiger partial charge >= 0.3 is 5.97 Å². The van der Waals surface area contributed by atoms with Crippen LogP contribution in [0.1, 0.15) is 25.3 Å². The number of halogens is 1. The molecule has 0 amide bonds. The Kier molecular flexibility index (Phi) is 5.17. The van der Waals surface area contributed by atoms with E-state index in [0.29, 0.717) is 26.9 Å². The molecule has 0 saturated heterocycles. The summed E-state index contributed by atoms with van der Waals surface area (Å²) in [4.78, 5) is 12.3. The molecule has 1 N–H and O–H groups in total. The first-order chi connectivity index (χ1) is 10.5. The molecule has 0 aromatic heterocycles. The maximum absolute atomic E-state index is 12.3. The number of benzene rings is 1. The average molecular weight is 335 g/mol. The Bertz CT molecular complexity index is 702. The number of nitrogens with one attached hydrogen (secondary N) is 1. The van der Waals surface area contributed by atoms with Crippen LogP contribution in [0.5, 0.6) is 0 Å². The zero-order chi connectivity index (χ0) is 16.3. The number of carbonyl (C=O) groups is 1. The van der Waals surface area contributed by atoms with Gasteiger partial charge in [0.25, 0.3) is 0 Å². The van der Waals surface area contributed by atoms with E-state index in [4.69, 9.17) is 16.3 Å². The van der Waals surface area contributed by atoms with Crippen LogP contribution in [0.3, 0.4) is 0 Å². The molecular weight excluding hydrogens is 320 g/mol. The zero-order valence-electron chi connectivity index (χ0n) is 12.2. The van der Waals surface area contributed by atoms with E-state index in [-0.39, 0.29) is 6.61 Å². The Balaban J connectivity index is 2.59. The third-order valence-electron chi connectivity index (χ3n) is 3.36. The molecule has 2 rings (SSSR count). The molecule has 1 aliphatic heterocycles. The molecule has 0 unspecified atom stereocenters. The first-order valence-electron chi connectivity index (χ1n) is 6.73. The Morgan fingerprint density at radius 2 is 2.09 bits per heavy atom. The first-order valence-corrected chi connectivity index (χ1v) is 7.55. The van der Waals surface area contributed by atoms with Crippen molar-refractivity contribution >= 4 is 30.2 Å². The van der Waals surface area contributed by atoms with Gasteiger partial charge in [0.1, 0.15) is 0 Å². The van der Waals surface area contributed by atoms with Gasteiger partial charge in [-0.2, -0.15) is 5.26 Å². The van der Waals surface area contributed by atoms with Crippen molar-refractivity contribution in [3.05, 3.63) is 56.7 Å². The van der Waals surface area contributed by atoms with Crippen LogP contribution < -0.4 is 5.32 Å². The van der Waals surface area contributed by atoms with E-state index in [1.54, 1.807) is 38.1 Å². The summed E-state index contributed by atoms with van der Waals surface area (Å²) in [5, 5.41) is 13.4. The van der Waals surface area contributed by atoms with Crippen molar-refractivity contribution in [1.29, 1.82) is 5.26 Å². The maximum Gasteiger partial charge on any atom is 0.336 e. The predicted molar refractivity (Wildman–Crippen MR) is 88.3 cm³/mol. The molecule has 0 saturated carbocycles. The quantitative estimate of drug-likeness (QED) is 0.655. The van der Waals surface area contributed by atoms with Gasteiger partial charge < -0.3 is 10.1 Å². The summed E-state index contributed by atoms with van der Waals surface area (Å²) in [7, 11) is 0. The van der Waals surface area contributed by atoms with Crippen molar-refractivity contribution in [3.8, 4) is 6.07 Å². The van der Waals surface area contributed by atoms with E-state index in [0.717, 1.165) is 5.56 Å². The standard InChI is InChI=1S/C16H15ClN2O2S/c1-3-21-16(20)13-9(2)19-15(22)12(8-18)14(13)10-4-6-11(17)7-5-10/h4-7,14,19,22H,3H2,1-2H3/t14-/m1/s1.